The molecule has 5 aromatic carbocycles. The monoisotopic (exact) mass is 579 g/mol. The van der Waals surface area contributed by atoms with Crippen molar-refractivity contribution in [2.75, 3.05) is 9.80 Å². The highest BCUT2D eigenvalue weighted by Crippen LogP contribution is 2.41. The van der Waals surface area contributed by atoms with Gasteiger partial charge in [-0.2, -0.15) is 0 Å². The van der Waals surface area contributed by atoms with Crippen LogP contribution in [0, 0.1) is 5.92 Å². The number of carbonyl (C=O) groups is 4. The zero-order chi connectivity index (χ0) is 30.7. The van der Waals surface area contributed by atoms with Gasteiger partial charge in [0.15, 0.2) is 0 Å². The Bertz CT molecular complexity index is 1880. The molecule has 4 amide bonds. The Morgan fingerprint density at radius 3 is 1.27 bits per heavy atom. The Morgan fingerprint density at radius 1 is 0.477 bits per heavy atom. The second-order valence-corrected chi connectivity index (χ2v) is 11.5. The molecule has 0 N–H and O–H groups in total. The third-order valence-corrected chi connectivity index (χ3v) is 8.69. The van der Waals surface area contributed by atoms with Crippen LogP contribution in [-0.2, 0) is 0 Å². The van der Waals surface area contributed by atoms with Crippen molar-refractivity contribution in [3.63, 3.8) is 0 Å². The smallest absolute Gasteiger partial charge is 0.265 e. The van der Waals surface area contributed by atoms with Crippen molar-refractivity contribution in [2.45, 2.75) is 26.8 Å². The fraction of sp³-hybridized carbons (Fsp3) is 0.135. The standard InChI is InChI=1S/C37H29N3O4/c1-22(2)23(3)38-34(41)28-18-20-30-33-31(21-19-29(32(28)33)35(38)42)37(44)40(36(30)43)27-16-14-26(15-17-27)39(24-10-6-4-7-11-24)25-12-8-5-9-13-25/h4-23H,1-3H3. The van der Waals surface area contributed by atoms with E-state index in [0.717, 1.165) is 22.0 Å². The van der Waals surface area contributed by atoms with Crippen molar-refractivity contribution in [1.29, 1.82) is 0 Å². The highest BCUT2D eigenvalue weighted by molar-refractivity contribution is 6.39. The molecule has 0 radical (unpaired) electrons. The lowest BCUT2D eigenvalue weighted by Crippen LogP contribution is -2.48. The maximum Gasteiger partial charge on any atom is 0.265 e. The highest BCUT2D eigenvalue weighted by Gasteiger charge is 2.41. The minimum Gasteiger partial charge on any atom is -0.311 e. The number of hydrogen-bond acceptors (Lipinski definition) is 5. The number of nitrogens with zero attached hydrogens (tertiary/aromatic N) is 3. The van der Waals surface area contributed by atoms with E-state index in [1.54, 1.807) is 36.4 Å². The molecule has 2 heterocycles. The number of imide groups is 2. The van der Waals surface area contributed by atoms with Crippen LogP contribution in [0.4, 0.5) is 22.7 Å². The lowest BCUT2D eigenvalue weighted by atomic mass is 9.85. The largest absolute Gasteiger partial charge is 0.311 e. The molecule has 0 aliphatic carbocycles. The summed E-state index contributed by atoms with van der Waals surface area (Å²) in [6, 6.07) is 33.3. The lowest BCUT2D eigenvalue weighted by molar-refractivity contribution is 0.0512. The van der Waals surface area contributed by atoms with Crippen molar-refractivity contribution in [2.24, 2.45) is 5.92 Å². The Balaban J connectivity index is 1.29. The van der Waals surface area contributed by atoms with E-state index in [-0.39, 0.29) is 23.1 Å². The quantitative estimate of drug-likeness (QED) is 0.192. The van der Waals surface area contributed by atoms with E-state index in [1.165, 1.54) is 4.90 Å². The molecule has 216 valence electrons. The molecular formula is C37H29N3O4. The van der Waals surface area contributed by atoms with Crippen LogP contribution in [0.5, 0.6) is 0 Å². The molecule has 1 atom stereocenters. The molecule has 0 spiro atoms. The Kier molecular flexibility index (Phi) is 6.39. The van der Waals surface area contributed by atoms with Gasteiger partial charge < -0.3 is 4.90 Å². The maximum atomic E-state index is 13.9. The molecule has 1 unspecified atom stereocenters. The van der Waals surface area contributed by atoms with Gasteiger partial charge in [-0.15, -0.1) is 0 Å². The molecule has 7 rings (SSSR count). The van der Waals surface area contributed by atoms with Gasteiger partial charge in [-0.1, -0.05) is 50.2 Å². The van der Waals surface area contributed by atoms with Gasteiger partial charge in [0, 0.05) is 56.1 Å². The third-order valence-electron chi connectivity index (χ3n) is 8.69. The molecule has 7 heteroatoms. The Morgan fingerprint density at radius 2 is 0.864 bits per heavy atom. The SMILES string of the molecule is CC(C)C(C)N1C(=O)c2ccc3c4c(ccc(c24)C1=O)C(=O)N(c1ccc(N(c2ccccc2)c2ccccc2)cc1)C3=O. The van der Waals surface area contributed by atoms with E-state index in [4.69, 9.17) is 0 Å². The summed E-state index contributed by atoms with van der Waals surface area (Å²) in [4.78, 5) is 59.5. The number of hydrogen-bond donors (Lipinski definition) is 0. The van der Waals surface area contributed by atoms with Gasteiger partial charge in [-0.05, 0) is 85.6 Å². The fourth-order valence-electron chi connectivity index (χ4n) is 6.15. The van der Waals surface area contributed by atoms with Crippen LogP contribution in [0.3, 0.4) is 0 Å². The van der Waals surface area contributed by atoms with Gasteiger partial charge in [0.05, 0.1) is 5.69 Å². The Hall–Kier alpha value is -5.56. The lowest BCUT2D eigenvalue weighted by Gasteiger charge is -2.35. The molecule has 0 bridgehead atoms. The topological polar surface area (TPSA) is 78.0 Å². The zero-order valence-electron chi connectivity index (χ0n) is 24.5. The first kappa shape index (κ1) is 27.3. The van der Waals surface area contributed by atoms with Gasteiger partial charge in [-0.3, -0.25) is 24.1 Å². The molecule has 7 nitrogen and oxygen atoms in total. The molecule has 0 fully saturated rings. The maximum absolute atomic E-state index is 13.9. The van der Waals surface area contributed by atoms with Gasteiger partial charge in [0.2, 0.25) is 0 Å². The number of para-hydroxylation sites is 2. The number of benzene rings is 5. The van der Waals surface area contributed by atoms with Gasteiger partial charge in [-0.25, -0.2) is 4.90 Å². The van der Waals surface area contributed by atoms with E-state index >= 15 is 0 Å². The number of rotatable bonds is 6. The van der Waals surface area contributed by atoms with E-state index < -0.39 is 23.6 Å². The summed E-state index contributed by atoms with van der Waals surface area (Å²) in [5.74, 6) is -1.76. The average Bonchev–Trinajstić information content (AvgIpc) is 3.04. The van der Waals surface area contributed by atoms with E-state index in [1.807, 2.05) is 93.6 Å². The van der Waals surface area contributed by atoms with Crippen LogP contribution in [0.15, 0.2) is 109 Å². The van der Waals surface area contributed by atoms with E-state index in [0.29, 0.717) is 27.6 Å². The minimum absolute atomic E-state index is 0.0629. The van der Waals surface area contributed by atoms with E-state index in [9.17, 15) is 19.2 Å². The molecule has 2 aliphatic heterocycles. The van der Waals surface area contributed by atoms with Crippen molar-refractivity contribution < 1.29 is 19.2 Å². The van der Waals surface area contributed by atoms with Crippen LogP contribution >= 0.6 is 0 Å². The Labute approximate surface area is 254 Å². The summed E-state index contributed by atoms with van der Waals surface area (Å²) in [6.45, 7) is 5.77. The number of amides is 4. The van der Waals surface area contributed by atoms with Gasteiger partial charge in [0.25, 0.3) is 23.6 Å². The van der Waals surface area contributed by atoms with Crippen LogP contribution in [0.1, 0.15) is 62.2 Å². The summed E-state index contributed by atoms with van der Waals surface area (Å²) in [5.41, 5.74) is 4.44. The molecule has 0 saturated carbocycles. The molecule has 0 aromatic heterocycles. The fourth-order valence-corrected chi connectivity index (χ4v) is 6.15. The van der Waals surface area contributed by atoms with Gasteiger partial charge >= 0.3 is 0 Å². The summed E-state index contributed by atoms with van der Waals surface area (Å²) in [6.07, 6.45) is 0. The first-order chi connectivity index (χ1) is 21.3. The second kappa shape index (κ2) is 10.3. The molecule has 5 aromatic rings. The van der Waals surface area contributed by atoms with Crippen LogP contribution in [0.2, 0.25) is 0 Å². The van der Waals surface area contributed by atoms with Gasteiger partial charge in [0.1, 0.15) is 0 Å². The predicted octanol–water partition coefficient (Wildman–Crippen LogP) is 7.75. The zero-order valence-corrected chi connectivity index (χ0v) is 24.5. The third kappa shape index (κ3) is 4.04. The number of carbonyl (C=O) groups excluding carboxylic acids is 4. The first-order valence-electron chi connectivity index (χ1n) is 14.6. The summed E-state index contributed by atoms with van der Waals surface area (Å²) >= 11 is 0. The van der Waals surface area contributed by atoms with E-state index in [2.05, 4.69) is 4.90 Å². The molecule has 2 aliphatic rings. The highest BCUT2D eigenvalue weighted by atomic mass is 16.2. The first-order valence-corrected chi connectivity index (χ1v) is 14.6. The summed E-state index contributed by atoms with van der Waals surface area (Å²) < 4.78 is 0. The summed E-state index contributed by atoms with van der Waals surface area (Å²) in [7, 11) is 0. The second-order valence-electron chi connectivity index (χ2n) is 11.5. The minimum atomic E-state index is -0.500. The molecule has 0 saturated heterocycles. The van der Waals surface area contributed by atoms with Crippen molar-refractivity contribution in [3.05, 3.63) is 131 Å². The van der Waals surface area contributed by atoms with Crippen LogP contribution < -0.4 is 9.80 Å². The predicted molar refractivity (Wildman–Crippen MR) is 171 cm³/mol. The number of anilines is 4. The molecule has 44 heavy (non-hydrogen) atoms. The van der Waals surface area contributed by atoms with Crippen LogP contribution in [0.25, 0.3) is 10.8 Å². The average molecular weight is 580 g/mol. The molecular weight excluding hydrogens is 550 g/mol. The normalized spacial score (nSPS) is 14.9. The van der Waals surface area contributed by atoms with Crippen LogP contribution in [-0.4, -0.2) is 34.6 Å². The van der Waals surface area contributed by atoms with Crippen molar-refractivity contribution in [1.82, 2.24) is 4.90 Å². The summed E-state index contributed by atoms with van der Waals surface area (Å²) in [5, 5.41) is 0.737. The van der Waals surface area contributed by atoms with Crippen molar-refractivity contribution in [3.8, 4) is 0 Å². The van der Waals surface area contributed by atoms with Crippen molar-refractivity contribution >= 4 is 57.2 Å².